The van der Waals surface area contributed by atoms with E-state index in [9.17, 15) is 4.79 Å². The zero-order valence-corrected chi connectivity index (χ0v) is 13.1. The van der Waals surface area contributed by atoms with E-state index in [1.54, 1.807) is 0 Å². The third kappa shape index (κ3) is 4.44. The molecular formula is C14H30N4O. The van der Waals surface area contributed by atoms with E-state index in [-0.39, 0.29) is 18.0 Å². The van der Waals surface area contributed by atoms with Crippen molar-refractivity contribution in [3.63, 3.8) is 0 Å². The van der Waals surface area contributed by atoms with Crippen LogP contribution in [0.3, 0.4) is 0 Å². The summed E-state index contributed by atoms with van der Waals surface area (Å²) in [6, 6.07) is 0.788. The largest absolute Gasteiger partial charge is 0.337 e. The minimum Gasteiger partial charge on any atom is -0.337 e. The van der Waals surface area contributed by atoms with Crippen molar-refractivity contribution in [2.75, 3.05) is 39.8 Å². The Bertz CT molecular complexity index is 285. The van der Waals surface area contributed by atoms with Crippen LogP contribution in [-0.2, 0) is 4.79 Å². The van der Waals surface area contributed by atoms with Crippen LogP contribution in [0, 0.1) is 0 Å². The van der Waals surface area contributed by atoms with Gasteiger partial charge in [0.2, 0.25) is 5.91 Å². The monoisotopic (exact) mass is 270 g/mol. The summed E-state index contributed by atoms with van der Waals surface area (Å²) in [5, 5.41) is 0. The second-order valence-electron chi connectivity index (χ2n) is 6.11. The summed E-state index contributed by atoms with van der Waals surface area (Å²) in [4.78, 5) is 18.9. The van der Waals surface area contributed by atoms with Gasteiger partial charge in [-0.25, -0.2) is 0 Å². The van der Waals surface area contributed by atoms with Crippen LogP contribution in [0.15, 0.2) is 0 Å². The van der Waals surface area contributed by atoms with E-state index in [4.69, 9.17) is 5.73 Å². The van der Waals surface area contributed by atoms with Crippen molar-refractivity contribution in [2.45, 2.75) is 45.8 Å². The first kappa shape index (κ1) is 16.4. The summed E-state index contributed by atoms with van der Waals surface area (Å²) in [6.07, 6.45) is 0. The summed E-state index contributed by atoms with van der Waals surface area (Å²) in [7, 11) is 2.11. The van der Waals surface area contributed by atoms with Crippen LogP contribution >= 0.6 is 0 Å². The van der Waals surface area contributed by atoms with E-state index < -0.39 is 0 Å². The van der Waals surface area contributed by atoms with E-state index in [0.717, 1.165) is 19.6 Å². The Hall–Kier alpha value is -0.650. The molecule has 0 bridgehead atoms. The number of piperazine rings is 1. The predicted octanol–water partition coefficient (Wildman–Crippen LogP) is 0.207. The van der Waals surface area contributed by atoms with Gasteiger partial charge in [0.15, 0.2) is 0 Å². The molecule has 1 atom stereocenters. The molecule has 0 spiro atoms. The molecule has 1 amide bonds. The maximum atomic E-state index is 12.5. The first-order valence-corrected chi connectivity index (χ1v) is 7.30. The summed E-state index contributed by atoms with van der Waals surface area (Å²) >= 11 is 0. The first-order valence-electron chi connectivity index (χ1n) is 7.30. The molecule has 1 aliphatic rings. The number of nitrogens with two attached hydrogens (primary N) is 1. The minimum absolute atomic E-state index is 0.216. The van der Waals surface area contributed by atoms with Gasteiger partial charge < -0.3 is 15.5 Å². The number of nitrogens with zero attached hydrogens (tertiary/aromatic N) is 3. The molecule has 0 aliphatic carbocycles. The third-order valence-electron chi connectivity index (χ3n) is 3.82. The molecule has 1 aliphatic heterocycles. The van der Waals surface area contributed by atoms with Gasteiger partial charge in [0.1, 0.15) is 0 Å². The average molecular weight is 270 g/mol. The van der Waals surface area contributed by atoms with Gasteiger partial charge in [0.05, 0.1) is 6.54 Å². The Balaban J connectivity index is 2.64. The second-order valence-corrected chi connectivity index (χ2v) is 6.11. The first-order chi connectivity index (χ1) is 8.86. The SMILES string of the molecule is CC(C)N(C(=O)CN1CCN(C)CC1CN)C(C)C. The molecule has 0 saturated carbocycles. The molecule has 1 fully saturated rings. The highest BCUT2D eigenvalue weighted by molar-refractivity contribution is 5.78. The Morgan fingerprint density at radius 3 is 2.32 bits per heavy atom. The maximum absolute atomic E-state index is 12.5. The van der Waals surface area contributed by atoms with Gasteiger partial charge in [-0.15, -0.1) is 0 Å². The lowest BCUT2D eigenvalue weighted by Crippen LogP contribution is -2.58. The molecule has 0 aromatic heterocycles. The van der Waals surface area contributed by atoms with Crippen molar-refractivity contribution in [3.8, 4) is 0 Å². The fourth-order valence-electron chi connectivity index (χ4n) is 2.91. The van der Waals surface area contributed by atoms with E-state index in [0.29, 0.717) is 19.1 Å². The number of likely N-dealkylation sites (N-methyl/N-ethyl adjacent to an activating group) is 1. The second kappa shape index (κ2) is 7.22. The van der Waals surface area contributed by atoms with E-state index in [2.05, 4.69) is 44.5 Å². The van der Waals surface area contributed by atoms with Gasteiger partial charge in [-0.2, -0.15) is 0 Å². The lowest BCUT2D eigenvalue weighted by Gasteiger charge is -2.41. The van der Waals surface area contributed by atoms with Crippen molar-refractivity contribution in [1.29, 1.82) is 0 Å². The van der Waals surface area contributed by atoms with Crippen molar-refractivity contribution in [2.24, 2.45) is 5.73 Å². The number of hydrogen-bond acceptors (Lipinski definition) is 4. The molecule has 1 unspecified atom stereocenters. The van der Waals surface area contributed by atoms with Gasteiger partial charge in [0.25, 0.3) is 0 Å². The molecule has 0 aromatic carbocycles. The number of hydrogen-bond donors (Lipinski definition) is 1. The van der Waals surface area contributed by atoms with Crippen LogP contribution < -0.4 is 5.73 Å². The van der Waals surface area contributed by atoms with Crippen LogP contribution in [0.2, 0.25) is 0 Å². The molecule has 112 valence electrons. The molecule has 1 rings (SSSR count). The lowest BCUT2D eigenvalue weighted by molar-refractivity contribution is -0.137. The molecule has 5 heteroatoms. The zero-order chi connectivity index (χ0) is 14.6. The number of carbonyl (C=O) groups is 1. The summed E-state index contributed by atoms with van der Waals surface area (Å²) in [6.45, 7) is 12.3. The Kier molecular flexibility index (Phi) is 6.23. The Morgan fingerprint density at radius 2 is 1.84 bits per heavy atom. The molecule has 5 nitrogen and oxygen atoms in total. The molecule has 2 N–H and O–H groups in total. The van der Waals surface area contributed by atoms with Crippen LogP contribution in [0.5, 0.6) is 0 Å². The van der Waals surface area contributed by atoms with Gasteiger partial charge in [0, 0.05) is 44.3 Å². The normalized spacial score (nSPS) is 22.2. The molecular weight excluding hydrogens is 240 g/mol. The number of rotatable bonds is 5. The molecule has 0 radical (unpaired) electrons. The van der Waals surface area contributed by atoms with Crippen LogP contribution in [0.1, 0.15) is 27.7 Å². The third-order valence-corrected chi connectivity index (χ3v) is 3.82. The van der Waals surface area contributed by atoms with Gasteiger partial charge >= 0.3 is 0 Å². The predicted molar refractivity (Wildman–Crippen MR) is 79.0 cm³/mol. The highest BCUT2D eigenvalue weighted by Gasteiger charge is 2.28. The smallest absolute Gasteiger partial charge is 0.237 e. The van der Waals surface area contributed by atoms with Gasteiger partial charge in [-0.3, -0.25) is 9.69 Å². The van der Waals surface area contributed by atoms with Crippen molar-refractivity contribution < 1.29 is 4.79 Å². The van der Waals surface area contributed by atoms with Crippen molar-refractivity contribution in [1.82, 2.24) is 14.7 Å². The highest BCUT2D eigenvalue weighted by atomic mass is 16.2. The van der Waals surface area contributed by atoms with Gasteiger partial charge in [-0.05, 0) is 34.7 Å². The summed E-state index contributed by atoms with van der Waals surface area (Å²) < 4.78 is 0. The highest BCUT2D eigenvalue weighted by Crippen LogP contribution is 2.11. The maximum Gasteiger partial charge on any atom is 0.237 e. The van der Waals surface area contributed by atoms with E-state index in [1.807, 2.05) is 4.90 Å². The zero-order valence-electron chi connectivity index (χ0n) is 13.1. The van der Waals surface area contributed by atoms with Crippen LogP contribution in [-0.4, -0.2) is 78.5 Å². The number of carbonyl (C=O) groups excluding carboxylic acids is 1. The van der Waals surface area contributed by atoms with Crippen molar-refractivity contribution in [3.05, 3.63) is 0 Å². The topological polar surface area (TPSA) is 52.8 Å². The van der Waals surface area contributed by atoms with Crippen LogP contribution in [0.4, 0.5) is 0 Å². The van der Waals surface area contributed by atoms with Crippen molar-refractivity contribution >= 4 is 5.91 Å². The number of amides is 1. The summed E-state index contributed by atoms with van der Waals surface area (Å²) in [5.74, 6) is 0.216. The quantitative estimate of drug-likeness (QED) is 0.776. The fourth-order valence-corrected chi connectivity index (χ4v) is 2.91. The molecule has 19 heavy (non-hydrogen) atoms. The Morgan fingerprint density at radius 1 is 1.26 bits per heavy atom. The molecule has 1 saturated heterocycles. The van der Waals surface area contributed by atoms with Gasteiger partial charge in [-0.1, -0.05) is 0 Å². The van der Waals surface area contributed by atoms with E-state index in [1.165, 1.54) is 0 Å². The molecule has 0 aromatic rings. The average Bonchev–Trinajstić information content (AvgIpc) is 2.30. The minimum atomic E-state index is 0.216. The molecule has 1 heterocycles. The Labute approximate surface area is 117 Å². The van der Waals surface area contributed by atoms with E-state index >= 15 is 0 Å². The standard InChI is InChI=1S/C14H30N4O/c1-11(2)18(12(3)4)14(19)10-17-7-6-16(5)9-13(17)8-15/h11-13H,6-10,15H2,1-5H3. The summed E-state index contributed by atoms with van der Waals surface area (Å²) in [5.41, 5.74) is 5.83. The van der Waals surface area contributed by atoms with Crippen LogP contribution in [0.25, 0.3) is 0 Å². The lowest BCUT2D eigenvalue weighted by atomic mass is 10.1. The fraction of sp³-hybridized carbons (Fsp3) is 0.929.